The van der Waals surface area contributed by atoms with Crippen LogP contribution in [0.4, 0.5) is 0 Å². The Morgan fingerprint density at radius 2 is 2.12 bits per heavy atom. The number of hydrogen-bond donors (Lipinski definition) is 1. The monoisotopic (exact) mass is 242 g/mol. The predicted molar refractivity (Wildman–Crippen MR) is 73.4 cm³/mol. The third-order valence-electron chi connectivity index (χ3n) is 3.81. The highest BCUT2D eigenvalue weighted by atomic mass is 16.5. The smallest absolute Gasteiger partial charge is 0.0637 e. The van der Waals surface area contributed by atoms with Gasteiger partial charge in [-0.1, -0.05) is 19.8 Å². The molecule has 0 aromatic heterocycles. The normalized spacial score (nSPS) is 25.8. The summed E-state index contributed by atoms with van der Waals surface area (Å²) < 4.78 is 5.67. The van der Waals surface area contributed by atoms with Gasteiger partial charge in [-0.15, -0.1) is 0 Å². The molecule has 0 aliphatic carbocycles. The van der Waals surface area contributed by atoms with Crippen LogP contribution in [0.2, 0.25) is 0 Å². The maximum atomic E-state index is 5.67. The van der Waals surface area contributed by atoms with Gasteiger partial charge in [0, 0.05) is 24.7 Å². The van der Waals surface area contributed by atoms with Gasteiger partial charge in [-0.2, -0.15) is 0 Å². The summed E-state index contributed by atoms with van der Waals surface area (Å²) in [5.41, 5.74) is 0. The van der Waals surface area contributed by atoms with Crippen molar-refractivity contribution in [2.45, 2.75) is 64.6 Å². The van der Waals surface area contributed by atoms with Gasteiger partial charge in [0.05, 0.1) is 6.61 Å². The minimum Gasteiger partial charge on any atom is -0.380 e. The SMILES string of the molecule is CCCCCN(C(C)C)C1COCCC1NC. The summed E-state index contributed by atoms with van der Waals surface area (Å²) in [7, 11) is 2.08. The molecular formula is C14H30N2O. The maximum Gasteiger partial charge on any atom is 0.0637 e. The van der Waals surface area contributed by atoms with Crippen LogP contribution in [0.5, 0.6) is 0 Å². The first-order chi connectivity index (χ1) is 8.20. The van der Waals surface area contributed by atoms with Crippen LogP contribution < -0.4 is 5.32 Å². The van der Waals surface area contributed by atoms with E-state index in [4.69, 9.17) is 4.74 Å². The third kappa shape index (κ3) is 4.57. The lowest BCUT2D eigenvalue weighted by Crippen LogP contribution is -2.56. The second-order valence-corrected chi connectivity index (χ2v) is 5.36. The second kappa shape index (κ2) is 8.06. The number of nitrogens with one attached hydrogen (secondary N) is 1. The number of nitrogens with zero attached hydrogens (tertiary/aromatic N) is 1. The molecule has 3 nitrogen and oxygen atoms in total. The number of ether oxygens (including phenoxy) is 1. The second-order valence-electron chi connectivity index (χ2n) is 5.36. The number of hydrogen-bond acceptors (Lipinski definition) is 3. The van der Waals surface area contributed by atoms with Gasteiger partial charge >= 0.3 is 0 Å². The van der Waals surface area contributed by atoms with Gasteiger partial charge in [-0.3, -0.25) is 4.90 Å². The molecule has 1 N–H and O–H groups in total. The summed E-state index contributed by atoms with van der Waals surface area (Å²) in [6, 6.07) is 1.74. The molecule has 0 saturated carbocycles. The summed E-state index contributed by atoms with van der Waals surface area (Å²) in [6.07, 6.45) is 5.07. The van der Waals surface area contributed by atoms with E-state index in [2.05, 4.69) is 38.0 Å². The topological polar surface area (TPSA) is 24.5 Å². The molecular weight excluding hydrogens is 212 g/mol. The molecule has 102 valence electrons. The van der Waals surface area contributed by atoms with Crippen molar-refractivity contribution in [1.82, 2.24) is 10.2 Å². The van der Waals surface area contributed by atoms with Gasteiger partial charge in [-0.25, -0.2) is 0 Å². The molecule has 0 amide bonds. The highest BCUT2D eigenvalue weighted by molar-refractivity contribution is 4.88. The van der Waals surface area contributed by atoms with Crippen LogP contribution in [0.3, 0.4) is 0 Å². The molecule has 1 rings (SSSR count). The lowest BCUT2D eigenvalue weighted by molar-refractivity contribution is -0.0135. The van der Waals surface area contributed by atoms with E-state index >= 15 is 0 Å². The van der Waals surface area contributed by atoms with Crippen LogP contribution in [0.1, 0.15) is 46.5 Å². The van der Waals surface area contributed by atoms with Crippen LogP contribution in [0.15, 0.2) is 0 Å². The Hall–Kier alpha value is -0.120. The zero-order chi connectivity index (χ0) is 12.7. The van der Waals surface area contributed by atoms with E-state index in [0.29, 0.717) is 18.1 Å². The largest absolute Gasteiger partial charge is 0.380 e. The third-order valence-corrected chi connectivity index (χ3v) is 3.81. The van der Waals surface area contributed by atoms with Crippen LogP contribution in [0, 0.1) is 0 Å². The van der Waals surface area contributed by atoms with E-state index in [-0.39, 0.29) is 0 Å². The minimum absolute atomic E-state index is 0.547. The molecule has 1 aliphatic heterocycles. The Bertz CT molecular complexity index is 197. The molecule has 0 bridgehead atoms. The summed E-state index contributed by atoms with van der Waals surface area (Å²) in [5, 5.41) is 3.46. The maximum absolute atomic E-state index is 5.67. The quantitative estimate of drug-likeness (QED) is 0.693. The van der Waals surface area contributed by atoms with Crippen molar-refractivity contribution in [2.75, 3.05) is 26.8 Å². The molecule has 1 heterocycles. The molecule has 0 aromatic carbocycles. The first kappa shape index (κ1) is 14.9. The van der Waals surface area contributed by atoms with Gasteiger partial charge in [0.1, 0.15) is 0 Å². The molecule has 1 aliphatic rings. The Balaban J connectivity index is 2.54. The fourth-order valence-electron chi connectivity index (χ4n) is 2.74. The minimum atomic E-state index is 0.547. The summed E-state index contributed by atoms with van der Waals surface area (Å²) in [4.78, 5) is 2.62. The van der Waals surface area contributed by atoms with E-state index in [1.807, 2.05) is 0 Å². The molecule has 0 aromatic rings. The average Bonchev–Trinajstić information content (AvgIpc) is 2.34. The average molecular weight is 242 g/mol. The van der Waals surface area contributed by atoms with E-state index in [0.717, 1.165) is 19.6 Å². The van der Waals surface area contributed by atoms with Gasteiger partial charge in [0.2, 0.25) is 0 Å². The lowest BCUT2D eigenvalue weighted by Gasteiger charge is -2.42. The van der Waals surface area contributed by atoms with Crippen molar-refractivity contribution in [2.24, 2.45) is 0 Å². The molecule has 3 heteroatoms. The Kier molecular flexibility index (Phi) is 7.09. The Morgan fingerprint density at radius 3 is 2.71 bits per heavy atom. The number of rotatable bonds is 7. The van der Waals surface area contributed by atoms with Crippen molar-refractivity contribution >= 4 is 0 Å². The standard InChI is InChI=1S/C14H30N2O/c1-5-6-7-9-16(12(2)3)14-11-17-10-8-13(14)15-4/h12-15H,5-11H2,1-4H3. The molecule has 2 atom stereocenters. The van der Waals surface area contributed by atoms with Gasteiger partial charge in [0.25, 0.3) is 0 Å². The Labute approximate surface area is 107 Å². The first-order valence-electron chi connectivity index (χ1n) is 7.21. The van der Waals surface area contributed by atoms with Crippen molar-refractivity contribution < 1.29 is 4.74 Å². The molecule has 0 radical (unpaired) electrons. The number of likely N-dealkylation sites (N-methyl/N-ethyl adjacent to an activating group) is 1. The fourth-order valence-corrected chi connectivity index (χ4v) is 2.74. The predicted octanol–water partition coefficient (Wildman–Crippen LogP) is 2.26. The first-order valence-corrected chi connectivity index (χ1v) is 7.21. The van der Waals surface area contributed by atoms with Crippen LogP contribution in [-0.2, 0) is 4.74 Å². The van der Waals surface area contributed by atoms with Crippen molar-refractivity contribution in [3.8, 4) is 0 Å². The van der Waals surface area contributed by atoms with E-state index in [1.165, 1.54) is 25.8 Å². The molecule has 17 heavy (non-hydrogen) atoms. The van der Waals surface area contributed by atoms with Gasteiger partial charge < -0.3 is 10.1 Å². The van der Waals surface area contributed by atoms with Crippen LogP contribution in [-0.4, -0.2) is 49.8 Å². The van der Waals surface area contributed by atoms with Crippen LogP contribution >= 0.6 is 0 Å². The van der Waals surface area contributed by atoms with E-state index in [9.17, 15) is 0 Å². The van der Waals surface area contributed by atoms with Gasteiger partial charge in [0.15, 0.2) is 0 Å². The van der Waals surface area contributed by atoms with Crippen molar-refractivity contribution in [1.29, 1.82) is 0 Å². The highest BCUT2D eigenvalue weighted by Crippen LogP contribution is 2.17. The molecule has 0 spiro atoms. The summed E-state index contributed by atoms with van der Waals surface area (Å²) in [6.45, 7) is 9.86. The van der Waals surface area contributed by atoms with Crippen LogP contribution in [0.25, 0.3) is 0 Å². The zero-order valence-corrected chi connectivity index (χ0v) is 12.0. The zero-order valence-electron chi connectivity index (χ0n) is 12.0. The van der Waals surface area contributed by atoms with E-state index in [1.54, 1.807) is 0 Å². The Morgan fingerprint density at radius 1 is 1.35 bits per heavy atom. The van der Waals surface area contributed by atoms with E-state index < -0.39 is 0 Å². The lowest BCUT2D eigenvalue weighted by atomic mass is 10.00. The van der Waals surface area contributed by atoms with Gasteiger partial charge in [-0.05, 0) is 40.3 Å². The summed E-state index contributed by atoms with van der Waals surface area (Å²) in [5.74, 6) is 0. The molecule has 1 saturated heterocycles. The van der Waals surface area contributed by atoms with Crippen molar-refractivity contribution in [3.05, 3.63) is 0 Å². The summed E-state index contributed by atoms with van der Waals surface area (Å²) >= 11 is 0. The number of unbranched alkanes of at least 4 members (excludes halogenated alkanes) is 2. The fraction of sp³-hybridized carbons (Fsp3) is 1.00. The highest BCUT2D eigenvalue weighted by Gasteiger charge is 2.30. The van der Waals surface area contributed by atoms with Crippen molar-refractivity contribution in [3.63, 3.8) is 0 Å². The molecule has 2 unspecified atom stereocenters. The molecule has 1 fully saturated rings.